The molecule has 1 aliphatic carbocycles. The van der Waals surface area contributed by atoms with Crippen molar-refractivity contribution in [2.45, 2.75) is 78.3 Å². The molecule has 2 aliphatic rings. The van der Waals surface area contributed by atoms with Gasteiger partial charge < -0.3 is 10.2 Å². The highest BCUT2D eigenvalue weighted by Gasteiger charge is 2.28. The molecule has 20 heavy (non-hydrogen) atoms. The minimum atomic E-state index is 0.710. The standard InChI is InChI=1S/C18H36N2/c1-5-8-20-9-6-17(7-10-20)16(4)19-18-12-14(2)11-15(3)13-18/h14-19H,5-13H2,1-4H3. The van der Waals surface area contributed by atoms with Crippen LogP contribution in [0.2, 0.25) is 0 Å². The molecule has 2 nitrogen and oxygen atoms in total. The van der Waals surface area contributed by atoms with Crippen LogP contribution in [-0.2, 0) is 0 Å². The van der Waals surface area contributed by atoms with Crippen molar-refractivity contribution in [1.82, 2.24) is 10.2 Å². The van der Waals surface area contributed by atoms with Crippen molar-refractivity contribution in [3.05, 3.63) is 0 Å². The van der Waals surface area contributed by atoms with Crippen LogP contribution in [0.1, 0.15) is 66.2 Å². The highest BCUT2D eigenvalue weighted by molar-refractivity contribution is 4.85. The Balaban J connectivity index is 1.73. The van der Waals surface area contributed by atoms with E-state index in [0.29, 0.717) is 6.04 Å². The monoisotopic (exact) mass is 280 g/mol. The summed E-state index contributed by atoms with van der Waals surface area (Å²) in [5.41, 5.74) is 0. The van der Waals surface area contributed by atoms with E-state index >= 15 is 0 Å². The summed E-state index contributed by atoms with van der Waals surface area (Å²) >= 11 is 0. The zero-order valence-electron chi connectivity index (χ0n) is 14.2. The van der Waals surface area contributed by atoms with E-state index in [0.717, 1.165) is 23.8 Å². The fourth-order valence-corrected chi connectivity index (χ4v) is 4.58. The predicted molar refractivity (Wildman–Crippen MR) is 88.0 cm³/mol. The second kappa shape index (κ2) is 7.79. The third kappa shape index (κ3) is 4.73. The minimum Gasteiger partial charge on any atom is -0.311 e. The highest BCUT2D eigenvalue weighted by Crippen LogP contribution is 2.30. The maximum Gasteiger partial charge on any atom is 0.00747 e. The Labute approximate surface area is 126 Å². The van der Waals surface area contributed by atoms with Crippen LogP contribution >= 0.6 is 0 Å². The van der Waals surface area contributed by atoms with Gasteiger partial charge in [0.1, 0.15) is 0 Å². The Bertz CT molecular complexity index is 261. The number of nitrogens with one attached hydrogen (secondary N) is 1. The van der Waals surface area contributed by atoms with E-state index < -0.39 is 0 Å². The summed E-state index contributed by atoms with van der Waals surface area (Å²) in [5, 5.41) is 3.98. The lowest BCUT2D eigenvalue weighted by atomic mass is 9.79. The van der Waals surface area contributed by atoms with E-state index in [1.807, 2.05) is 0 Å². The van der Waals surface area contributed by atoms with Crippen molar-refractivity contribution in [1.29, 1.82) is 0 Å². The van der Waals surface area contributed by atoms with Crippen molar-refractivity contribution in [2.24, 2.45) is 17.8 Å². The summed E-state index contributed by atoms with van der Waals surface area (Å²) in [6, 6.07) is 1.48. The molecular weight excluding hydrogens is 244 g/mol. The van der Waals surface area contributed by atoms with Crippen molar-refractivity contribution in [3.63, 3.8) is 0 Å². The van der Waals surface area contributed by atoms with Crippen molar-refractivity contribution in [3.8, 4) is 0 Å². The molecule has 0 spiro atoms. The second-order valence-electron chi connectivity index (χ2n) is 7.75. The van der Waals surface area contributed by atoms with Crippen LogP contribution in [0, 0.1) is 17.8 Å². The molecule has 0 aromatic rings. The maximum atomic E-state index is 3.98. The molecule has 0 amide bonds. The van der Waals surface area contributed by atoms with Gasteiger partial charge in [0, 0.05) is 12.1 Å². The van der Waals surface area contributed by atoms with Crippen LogP contribution in [0.5, 0.6) is 0 Å². The maximum absolute atomic E-state index is 3.98. The van der Waals surface area contributed by atoms with E-state index in [1.54, 1.807) is 0 Å². The number of hydrogen-bond donors (Lipinski definition) is 1. The number of nitrogens with zero attached hydrogens (tertiary/aromatic N) is 1. The van der Waals surface area contributed by atoms with Gasteiger partial charge in [-0.15, -0.1) is 0 Å². The fourth-order valence-electron chi connectivity index (χ4n) is 4.58. The largest absolute Gasteiger partial charge is 0.311 e. The Morgan fingerprint density at radius 2 is 1.65 bits per heavy atom. The van der Waals surface area contributed by atoms with Crippen LogP contribution in [-0.4, -0.2) is 36.6 Å². The van der Waals surface area contributed by atoms with E-state index in [-0.39, 0.29) is 0 Å². The first-order valence-corrected chi connectivity index (χ1v) is 9.06. The van der Waals surface area contributed by atoms with E-state index in [2.05, 4.69) is 37.9 Å². The summed E-state index contributed by atoms with van der Waals surface area (Å²) in [6.07, 6.45) is 8.31. The van der Waals surface area contributed by atoms with Gasteiger partial charge in [0.2, 0.25) is 0 Å². The smallest absolute Gasteiger partial charge is 0.00747 e. The summed E-state index contributed by atoms with van der Waals surface area (Å²) in [6.45, 7) is 13.5. The van der Waals surface area contributed by atoms with E-state index in [4.69, 9.17) is 0 Å². The number of piperidine rings is 1. The molecule has 1 heterocycles. The van der Waals surface area contributed by atoms with Gasteiger partial charge in [-0.3, -0.25) is 0 Å². The van der Waals surface area contributed by atoms with Gasteiger partial charge in [0.25, 0.3) is 0 Å². The molecule has 1 aliphatic heterocycles. The summed E-state index contributed by atoms with van der Waals surface area (Å²) < 4.78 is 0. The molecule has 0 aromatic heterocycles. The van der Waals surface area contributed by atoms with Crippen LogP contribution in [0.4, 0.5) is 0 Å². The van der Waals surface area contributed by atoms with Gasteiger partial charge in [-0.25, -0.2) is 0 Å². The first-order valence-electron chi connectivity index (χ1n) is 9.06. The Hall–Kier alpha value is -0.0800. The number of likely N-dealkylation sites (tertiary alicyclic amines) is 1. The summed E-state index contributed by atoms with van der Waals surface area (Å²) in [4.78, 5) is 2.65. The summed E-state index contributed by atoms with van der Waals surface area (Å²) in [5.74, 6) is 2.72. The SMILES string of the molecule is CCCN1CCC(C(C)NC2CC(C)CC(C)C2)CC1. The molecule has 3 atom stereocenters. The molecule has 0 aromatic carbocycles. The van der Waals surface area contributed by atoms with Gasteiger partial charge in [-0.1, -0.05) is 20.8 Å². The third-order valence-corrected chi connectivity index (χ3v) is 5.56. The minimum absolute atomic E-state index is 0.710. The molecule has 2 heteroatoms. The van der Waals surface area contributed by atoms with Crippen LogP contribution in [0.25, 0.3) is 0 Å². The lowest BCUT2D eigenvalue weighted by Crippen LogP contribution is -2.47. The molecular formula is C18H36N2. The van der Waals surface area contributed by atoms with Crippen molar-refractivity contribution in [2.75, 3.05) is 19.6 Å². The van der Waals surface area contributed by atoms with Crippen molar-refractivity contribution >= 4 is 0 Å². The lowest BCUT2D eigenvalue weighted by molar-refractivity contribution is 0.146. The molecule has 2 fully saturated rings. The van der Waals surface area contributed by atoms with Gasteiger partial charge in [0.05, 0.1) is 0 Å². The van der Waals surface area contributed by atoms with Crippen molar-refractivity contribution < 1.29 is 0 Å². The molecule has 2 rings (SSSR count). The summed E-state index contributed by atoms with van der Waals surface area (Å²) in [7, 11) is 0. The number of rotatable bonds is 5. The fraction of sp³-hybridized carbons (Fsp3) is 1.00. The highest BCUT2D eigenvalue weighted by atomic mass is 15.1. The first kappa shape index (κ1) is 16.3. The molecule has 1 saturated heterocycles. The number of hydrogen-bond acceptors (Lipinski definition) is 2. The molecule has 1 N–H and O–H groups in total. The zero-order valence-corrected chi connectivity index (χ0v) is 14.2. The zero-order chi connectivity index (χ0) is 14.5. The normalized spacial score (nSPS) is 35.1. The lowest BCUT2D eigenvalue weighted by Gasteiger charge is -2.39. The molecule has 1 saturated carbocycles. The molecule has 0 bridgehead atoms. The third-order valence-electron chi connectivity index (χ3n) is 5.56. The topological polar surface area (TPSA) is 15.3 Å². The molecule has 118 valence electrons. The van der Waals surface area contributed by atoms with Crippen LogP contribution < -0.4 is 5.32 Å². The Kier molecular flexibility index (Phi) is 6.35. The van der Waals surface area contributed by atoms with E-state index in [9.17, 15) is 0 Å². The van der Waals surface area contributed by atoms with Crippen LogP contribution in [0.3, 0.4) is 0 Å². The predicted octanol–water partition coefficient (Wildman–Crippen LogP) is 3.91. The van der Waals surface area contributed by atoms with Gasteiger partial charge in [-0.2, -0.15) is 0 Å². The molecule has 3 unspecified atom stereocenters. The Morgan fingerprint density at radius 3 is 2.20 bits per heavy atom. The second-order valence-corrected chi connectivity index (χ2v) is 7.75. The first-order chi connectivity index (χ1) is 9.58. The quantitative estimate of drug-likeness (QED) is 0.821. The van der Waals surface area contributed by atoms with E-state index in [1.165, 1.54) is 58.2 Å². The molecule has 0 radical (unpaired) electrons. The van der Waals surface area contributed by atoms with Gasteiger partial charge >= 0.3 is 0 Å². The van der Waals surface area contributed by atoms with Crippen LogP contribution in [0.15, 0.2) is 0 Å². The average Bonchev–Trinajstić information content (AvgIpc) is 2.38. The average molecular weight is 280 g/mol. The van der Waals surface area contributed by atoms with Gasteiger partial charge in [0.15, 0.2) is 0 Å². The van der Waals surface area contributed by atoms with Gasteiger partial charge in [-0.05, 0) is 82.8 Å². The Morgan fingerprint density at radius 1 is 1.05 bits per heavy atom.